The maximum Gasteiger partial charge on any atom is 0.0426 e. The van der Waals surface area contributed by atoms with Crippen molar-refractivity contribution in [3.63, 3.8) is 0 Å². The number of unbranched alkanes of at least 4 members (excludes halogenated alkanes) is 4. The predicted octanol–water partition coefficient (Wildman–Crippen LogP) is 4.44. The van der Waals surface area contributed by atoms with E-state index in [-0.39, 0.29) is 0 Å². The fraction of sp³-hybridized carbons (Fsp3) is 0.600. The van der Waals surface area contributed by atoms with Crippen molar-refractivity contribution in [2.75, 3.05) is 11.9 Å². The van der Waals surface area contributed by atoms with Crippen molar-refractivity contribution in [2.45, 2.75) is 51.5 Å². The van der Waals surface area contributed by atoms with Gasteiger partial charge in [0.15, 0.2) is 0 Å². The Kier molecular flexibility index (Phi) is 7.86. The zero-order chi connectivity index (χ0) is 13.2. The van der Waals surface area contributed by atoms with E-state index in [1.54, 1.807) is 0 Å². The van der Waals surface area contributed by atoms with Crippen molar-refractivity contribution >= 4 is 17.3 Å². The van der Waals surface area contributed by atoms with Crippen molar-refractivity contribution in [3.8, 4) is 0 Å². The van der Waals surface area contributed by atoms with Crippen molar-refractivity contribution in [2.24, 2.45) is 5.73 Å². The molecule has 0 aromatic heterocycles. The van der Waals surface area contributed by atoms with Crippen LogP contribution in [0, 0.1) is 0 Å². The third-order valence-electron chi connectivity index (χ3n) is 3.14. The van der Waals surface area contributed by atoms with Crippen LogP contribution in [0.1, 0.15) is 45.4 Å². The van der Waals surface area contributed by atoms with Gasteiger partial charge in [0.05, 0.1) is 0 Å². The highest BCUT2D eigenvalue weighted by molar-refractivity contribution is 6.30. The van der Waals surface area contributed by atoms with Gasteiger partial charge in [0.25, 0.3) is 0 Å². The van der Waals surface area contributed by atoms with Gasteiger partial charge in [0.1, 0.15) is 0 Å². The molecule has 1 rings (SSSR count). The van der Waals surface area contributed by atoms with Crippen LogP contribution in [0.2, 0.25) is 5.02 Å². The number of benzene rings is 1. The van der Waals surface area contributed by atoms with E-state index in [9.17, 15) is 0 Å². The fourth-order valence-corrected chi connectivity index (χ4v) is 2.25. The molecule has 1 unspecified atom stereocenters. The molecule has 102 valence electrons. The van der Waals surface area contributed by atoms with E-state index >= 15 is 0 Å². The van der Waals surface area contributed by atoms with E-state index in [1.807, 2.05) is 24.3 Å². The molecule has 3 heteroatoms. The largest absolute Gasteiger partial charge is 0.381 e. The summed E-state index contributed by atoms with van der Waals surface area (Å²) in [7, 11) is 0. The number of rotatable bonds is 9. The number of anilines is 1. The molecule has 0 heterocycles. The number of nitrogens with one attached hydrogen (secondary N) is 1. The molecule has 2 nitrogen and oxygen atoms in total. The van der Waals surface area contributed by atoms with Crippen LogP contribution < -0.4 is 11.1 Å². The Hall–Kier alpha value is -0.730. The first-order valence-corrected chi connectivity index (χ1v) is 7.36. The Morgan fingerprint density at radius 1 is 1.22 bits per heavy atom. The molecule has 0 radical (unpaired) electrons. The molecule has 18 heavy (non-hydrogen) atoms. The molecule has 0 aliphatic rings. The van der Waals surface area contributed by atoms with Crippen molar-refractivity contribution in [1.82, 2.24) is 0 Å². The second kappa shape index (κ2) is 9.23. The summed E-state index contributed by atoms with van der Waals surface area (Å²) < 4.78 is 0. The molecule has 0 saturated heterocycles. The summed E-state index contributed by atoms with van der Waals surface area (Å²) in [5, 5.41) is 4.21. The van der Waals surface area contributed by atoms with Gasteiger partial charge in [-0.3, -0.25) is 0 Å². The molecule has 0 saturated carbocycles. The molecule has 1 aromatic carbocycles. The summed E-state index contributed by atoms with van der Waals surface area (Å²) in [6.07, 6.45) is 7.66. The van der Waals surface area contributed by atoms with Gasteiger partial charge >= 0.3 is 0 Å². The molecule has 0 aliphatic heterocycles. The van der Waals surface area contributed by atoms with Gasteiger partial charge < -0.3 is 11.1 Å². The zero-order valence-corrected chi connectivity index (χ0v) is 12.0. The van der Waals surface area contributed by atoms with E-state index in [0.717, 1.165) is 17.1 Å². The summed E-state index contributed by atoms with van der Waals surface area (Å²) in [6.45, 7) is 2.91. The molecule has 0 aliphatic carbocycles. The lowest BCUT2D eigenvalue weighted by Crippen LogP contribution is -2.28. The maximum absolute atomic E-state index is 5.96. The predicted molar refractivity (Wildman–Crippen MR) is 81.3 cm³/mol. The van der Waals surface area contributed by atoms with Crippen LogP contribution in [0.25, 0.3) is 0 Å². The Balaban J connectivity index is 2.28. The normalized spacial score (nSPS) is 12.4. The van der Waals surface area contributed by atoms with Gasteiger partial charge in [-0.2, -0.15) is 0 Å². The maximum atomic E-state index is 5.96. The molecule has 1 atom stereocenters. The number of halogens is 1. The number of hydrogen-bond donors (Lipinski definition) is 2. The first-order valence-electron chi connectivity index (χ1n) is 6.98. The minimum Gasteiger partial charge on any atom is -0.381 e. The standard InChI is InChI=1S/C15H25ClN2/c1-2-3-4-5-6-9-15(12-17)18-14-10-7-8-13(16)11-14/h7-8,10-11,15,18H,2-6,9,12,17H2,1H3. The fourth-order valence-electron chi connectivity index (χ4n) is 2.06. The smallest absolute Gasteiger partial charge is 0.0426 e. The molecule has 0 bridgehead atoms. The van der Waals surface area contributed by atoms with E-state index in [0.29, 0.717) is 12.6 Å². The summed E-state index contributed by atoms with van der Waals surface area (Å²) in [5.41, 5.74) is 6.87. The number of nitrogens with two attached hydrogens (primary N) is 1. The summed E-state index contributed by atoms with van der Waals surface area (Å²) >= 11 is 5.96. The van der Waals surface area contributed by atoms with Crippen LogP contribution in [0.3, 0.4) is 0 Å². The Bertz CT molecular complexity index is 328. The lowest BCUT2D eigenvalue weighted by molar-refractivity contribution is 0.563. The average Bonchev–Trinajstić information content (AvgIpc) is 2.37. The molecule has 1 aromatic rings. The van der Waals surface area contributed by atoms with E-state index in [4.69, 9.17) is 17.3 Å². The van der Waals surface area contributed by atoms with Crippen LogP contribution in [-0.4, -0.2) is 12.6 Å². The Labute approximate surface area is 116 Å². The van der Waals surface area contributed by atoms with E-state index in [2.05, 4.69) is 12.2 Å². The average molecular weight is 269 g/mol. The van der Waals surface area contributed by atoms with Crippen LogP contribution in [0.15, 0.2) is 24.3 Å². The SMILES string of the molecule is CCCCCCCC(CN)Nc1cccc(Cl)c1. The monoisotopic (exact) mass is 268 g/mol. The third kappa shape index (κ3) is 6.27. The third-order valence-corrected chi connectivity index (χ3v) is 3.37. The summed E-state index contributed by atoms with van der Waals surface area (Å²) in [4.78, 5) is 0. The highest BCUT2D eigenvalue weighted by Crippen LogP contribution is 2.17. The second-order valence-corrected chi connectivity index (χ2v) is 5.23. The second-order valence-electron chi connectivity index (χ2n) is 4.79. The summed E-state index contributed by atoms with van der Waals surface area (Å²) in [5.74, 6) is 0. The van der Waals surface area contributed by atoms with E-state index < -0.39 is 0 Å². The van der Waals surface area contributed by atoms with Crippen molar-refractivity contribution < 1.29 is 0 Å². The minimum atomic E-state index is 0.352. The Morgan fingerprint density at radius 3 is 2.67 bits per heavy atom. The molecule has 0 spiro atoms. The molecular formula is C15H25ClN2. The van der Waals surface area contributed by atoms with Gasteiger partial charge in [0.2, 0.25) is 0 Å². The lowest BCUT2D eigenvalue weighted by atomic mass is 10.1. The van der Waals surface area contributed by atoms with Gasteiger partial charge in [-0.15, -0.1) is 0 Å². The van der Waals surface area contributed by atoms with Crippen molar-refractivity contribution in [1.29, 1.82) is 0 Å². The molecule has 0 fully saturated rings. The Morgan fingerprint density at radius 2 is 2.00 bits per heavy atom. The van der Waals surface area contributed by atoms with Gasteiger partial charge in [0, 0.05) is 23.3 Å². The topological polar surface area (TPSA) is 38.0 Å². The van der Waals surface area contributed by atoms with Crippen molar-refractivity contribution in [3.05, 3.63) is 29.3 Å². The molecule has 3 N–H and O–H groups in total. The van der Waals surface area contributed by atoms with Crippen LogP contribution in [0.4, 0.5) is 5.69 Å². The van der Waals surface area contributed by atoms with E-state index in [1.165, 1.54) is 32.1 Å². The first kappa shape index (κ1) is 15.3. The first-order chi connectivity index (χ1) is 8.76. The highest BCUT2D eigenvalue weighted by Gasteiger charge is 2.06. The molecular weight excluding hydrogens is 244 g/mol. The van der Waals surface area contributed by atoms with Crippen LogP contribution in [-0.2, 0) is 0 Å². The van der Waals surface area contributed by atoms with Gasteiger partial charge in [-0.25, -0.2) is 0 Å². The summed E-state index contributed by atoms with van der Waals surface area (Å²) in [6, 6.07) is 8.17. The lowest BCUT2D eigenvalue weighted by Gasteiger charge is -2.18. The quantitative estimate of drug-likeness (QED) is 0.650. The molecule has 0 amide bonds. The minimum absolute atomic E-state index is 0.352. The van der Waals surface area contributed by atoms with Gasteiger partial charge in [-0.1, -0.05) is 56.7 Å². The van der Waals surface area contributed by atoms with Crippen LogP contribution in [0.5, 0.6) is 0 Å². The highest BCUT2D eigenvalue weighted by atomic mass is 35.5. The zero-order valence-electron chi connectivity index (χ0n) is 11.3. The number of hydrogen-bond acceptors (Lipinski definition) is 2. The van der Waals surface area contributed by atoms with Gasteiger partial charge in [-0.05, 0) is 24.6 Å². The van der Waals surface area contributed by atoms with Crippen LogP contribution >= 0.6 is 11.6 Å².